The van der Waals surface area contributed by atoms with Crippen molar-refractivity contribution < 1.29 is 17.9 Å². The van der Waals surface area contributed by atoms with Crippen molar-refractivity contribution in [2.45, 2.75) is 57.4 Å². The number of rotatable bonds is 7. The number of sulfonamides is 1. The number of aryl methyl sites for hydroxylation is 3. The molecule has 6 nitrogen and oxygen atoms in total. The van der Waals surface area contributed by atoms with E-state index in [4.69, 9.17) is 4.74 Å². The SMILES string of the molecule is Cc1cc(C)c(NC(=O)COc2ccc(S(=O)(=O)NC3CCCC3)cc2)c(C)c1. The molecule has 156 valence electrons. The van der Waals surface area contributed by atoms with Gasteiger partial charge in [0.05, 0.1) is 4.90 Å². The quantitative estimate of drug-likeness (QED) is 0.718. The van der Waals surface area contributed by atoms with Crippen LogP contribution >= 0.6 is 0 Å². The molecule has 0 atom stereocenters. The molecule has 0 radical (unpaired) electrons. The fraction of sp³-hybridized carbons (Fsp3) is 0.409. The lowest BCUT2D eigenvalue weighted by Crippen LogP contribution is -2.32. The van der Waals surface area contributed by atoms with Gasteiger partial charge in [0.2, 0.25) is 10.0 Å². The van der Waals surface area contributed by atoms with Crippen molar-refractivity contribution in [1.29, 1.82) is 0 Å². The summed E-state index contributed by atoms with van der Waals surface area (Å²) in [5.41, 5.74) is 3.94. The largest absolute Gasteiger partial charge is 0.484 e. The summed E-state index contributed by atoms with van der Waals surface area (Å²) >= 11 is 0. The summed E-state index contributed by atoms with van der Waals surface area (Å²) in [4.78, 5) is 12.5. The van der Waals surface area contributed by atoms with Gasteiger partial charge in [-0.3, -0.25) is 4.79 Å². The van der Waals surface area contributed by atoms with Gasteiger partial charge >= 0.3 is 0 Å². The first kappa shape index (κ1) is 21.3. The number of nitrogens with one attached hydrogen (secondary N) is 2. The van der Waals surface area contributed by atoms with Crippen LogP contribution in [0.3, 0.4) is 0 Å². The summed E-state index contributed by atoms with van der Waals surface area (Å²) in [6, 6.07) is 10.2. The smallest absolute Gasteiger partial charge is 0.262 e. The molecule has 1 saturated carbocycles. The van der Waals surface area contributed by atoms with Gasteiger partial charge in [-0.25, -0.2) is 13.1 Å². The Labute approximate surface area is 172 Å². The number of anilines is 1. The lowest BCUT2D eigenvalue weighted by atomic mass is 10.1. The van der Waals surface area contributed by atoms with Crippen LogP contribution in [0, 0.1) is 20.8 Å². The van der Waals surface area contributed by atoms with Crippen molar-refractivity contribution >= 4 is 21.6 Å². The van der Waals surface area contributed by atoms with E-state index >= 15 is 0 Å². The van der Waals surface area contributed by atoms with Gasteiger partial charge in [-0.15, -0.1) is 0 Å². The van der Waals surface area contributed by atoms with E-state index in [1.807, 2.05) is 32.9 Å². The molecule has 0 spiro atoms. The second-order valence-electron chi connectivity index (χ2n) is 7.68. The Balaban J connectivity index is 1.57. The topological polar surface area (TPSA) is 84.5 Å². The highest BCUT2D eigenvalue weighted by atomic mass is 32.2. The molecule has 7 heteroatoms. The molecule has 0 aliphatic heterocycles. The molecule has 1 aliphatic rings. The average Bonchev–Trinajstić information content (AvgIpc) is 3.15. The zero-order valence-electron chi connectivity index (χ0n) is 17.1. The van der Waals surface area contributed by atoms with E-state index < -0.39 is 10.0 Å². The van der Waals surface area contributed by atoms with E-state index in [0.29, 0.717) is 5.75 Å². The predicted octanol–water partition coefficient (Wildman–Crippen LogP) is 3.85. The zero-order chi connectivity index (χ0) is 21.0. The van der Waals surface area contributed by atoms with Crippen LogP contribution in [-0.2, 0) is 14.8 Å². The molecule has 0 heterocycles. The molecule has 3 rings (SSSR count). The van der Waals surface area contributed by atoms with Gasteiger partial charge < -0.3 is 10.1 Å². The van der Waals surface area contributed by atoms with Gasteiger partial charge in [0, 0.05) is 11.7 Å². The number of amides is 1. The van der Waals surface area contributed by atoms with E-state index in [9.17, 15) is 13.2 Å². The predicted molar refractivity (Wildman–Crippen MR) is 114 cm³/mol. The third kappa shape index (κ3) is 5.58. The Morgan fingerprint density at radius 3 is 2.21 bits per heavy atom. The van der Waals surface area contributed by atoms with Crippen LogP contribution in [0.5, 0.6) is 5.75 Å². The molecule has 1 amide bonds. The van der Waals surface area contributed by atoms with E-state index in [1.54, 1.807) is 12.1 Å². The highest BCUT2D eigenvalue weighted by Gasteiger charge is 2.22. The third-order valence-corrected chi connectivity index (χ3v) is 6.66. The van der Waals surface area contributed by atoms with Crippen molar-refractivity contribution in [1.82, 2.24) is 4.72 Å². The van der Waals surface area contributed by atoms with Crippen LogP contribution in [0.4, 0.5) is 5.69 Å². The van der Waals surface area contributed by atoms with Crippen LogP contribution in [0.2, 0.25) is 0 Å². The molecule has 29 heavy (non-hydrogen) atoms. The number of hydrogen-bond donors (Lipinski definition) is 2. The highest BCUT2D eigenvalue weighted by molar-refractivity contribution is 7.89. The minimum Gasteiger partial charge on any atom is -0.484 e. The third-order valence-electron chi connectivity index (χ3n) is 5.12. The van der Waals surface area contributed by atoms with Crippen LogP contribution < -0.4 is 14.8 Å². The zero-order valence-corrected chi connectivity index (χ0v) is 17.9. The second kappa shape index (κ2) is 8.97. The molecule has 2 N–H and O–H groups in total. The minimum atomic E-state index is -3.53. The van der Waals surface area contributed by atoms with Crippen molar-refractivity contribution in [3.63, 3.8) is 0 Å². The number of hydrogen-bond acceptors (Lipinski definition) is 4. The molecular formula is C22H28N2O4S. The lowest BCUT2D eigenvalue weighted by molar-refractivity contribution is -0.118. The molecule has 0 saturated heterocycles. The Morgan fingerprint density at radius 1 is 1.03 bits per heavy atom. The summed E-state index contributed by atoms with van der Waals surface area (Å²) in [6.45, 7) is 5.77. The summed E-state index contributed by atoms with van der Waals surface area (Å²) in [5.74, 6) is 0.178. The molecular weight excluding hydrogens is 388 g/mol. The van der Waals surface area contributed by atoms with Crippen molar-refractivity contribution in [2.75, 3.05) is 11.9 Å². The first-order chi connectivity index (χ1) is 13.7. The number of ether oxygens (including phenoxy) is 1. The molecule has 1 fully saturated rings. The highest BCUT2D eigenvalue weighted by Crippen LogP contribution is 2.23. The van der Waals surface area contributed by atoms with Gasteiger partial charge in [-0.2, -0.15) is 0 Å². The standard InChI is InChI=1S/C22H28N2O4S/c1-15-12-16(2)22(17(3)13-15)23-21(25)14-28-19-8-10-20(11-9-19)29(26,27)24-18-6-4-5-7-18/h8-13,18,24H,4-7,14H2,1-3H3,(H,23,25). The molecule has 2 aromatic carbocycles. The molecule has 0 aromatic heterocycles. The first-order valence-electron chi connectivity index (χ1n) is 9.87. The summed E-state index contributed by atoms with van der Waals surface area (Å²) in [6.07, 6.45) is 3.89. The Kier molecular flexibility index (Phi) is 6.59. The Bertz CT molecular complexity index is 955. The summed E-state index contributed by atoms with van der Waals surface area (Å²) in [5, 5.41) is 2.88. The fourth-order valence-electron chi connectivity index (χ4n) is 3.75. The van der Waals surface area contributed by atoms with Gasteiger partial charge in [0.15, 0.2) is 6.61 Å². The number of carbonyl (C=O) groups excluding carboxylic acids is 1. The van der Waals surface area contributed by atoms with Crippen molar-refractivity contribution in [3.8, 4) is 5.75 Å². The lowest BCUT2D eigenvalue weighted by Gasteiger charge is -2.14. The van der Waals surface area contributed by atoms with Crippen LogP contribution in [0.15, 0.2) is 41.3 Å². The molecule has 0 bridgehead atoms. The normalized spacial score (nSPS) is 14.7. The minimum absolute atomic E-state index is 0.0216. The van der Waals surface area contributed by atoms with Crippen LogP contribution in [-0.4, -0.2) is 27.0 Å². The van der Waals surface area contributed by atoms with E-state index in [-0.39, 0.29) is 23.5 Å². The molecule has 0 unspecified atom stereocenters. The van der Waals surface area contributed by atoms with E-state index in [1.165, 1.54) is 12.1 Å². The van der Waals surface area contributed by atoms with Crippen molar-refractivity contribution in [3.05, 3.63) is 53.1 Å². The second-order valence-corrected chi connectivity index (χ2v) is 9.40. The summed E-state index contributed by atoms with van der Waals surface area (Å²) in [7, 11) is -3.53. The molecule has 1 aliphatic carbocycles. The van der Waals surface area contributed by atoms with Gasteiger partial charge in [0.25, 0.3) is 5.91 Å². The van der Waals surface area contributed by atoms with Crippen LogP contribution in [0.25, 0.3) is 0 Å². The first-order valence-corrected chi connectivity index (χ1v) is 11.4. The Hall–Kier alpha value is -2.38. The van der Waals surface area contributed by atoms with Gasteiger partial charge in [-0.1, -0.05) is 30.5 Å². The average molecular weight is 417 g/mol. The number of benzene rings is 2. The van der Waals surface area contributed by atoms with E-state index in [2.05, 4.69) is 10.0 Å². The van der Waals surface area contributed by atoms with Gasteiger partial charge in [-0.05, 0) is 69.0 Å². The summed E-state index contributed by atoms with van der Waals surface area (Å²) < 4.78 is 33.1. The molecule has 2 aromatic rings. The van der Waals surface area contributed by atoms with Gasteiger partial charge in [0.1, 0.15) is 5.75 Å². The maximum absolute atomic E-state index is 12.4. The fourth-order valence-corrected chi connectivity index (χ4v) is 5.05. The number of carbonyl (C=O) groups is 1. The maximum atomic E-state index is 12.4. The van der Waals surface area contributed by atoms with Crippen LogP contribution in [0.1, 0.15) is 42.4 Å². The Morgan fingerprint density at radius 2 is 1.62 bits per heavy atom. The van der Waals surface area contributed by atoms with Crippen molar-refractivity contribution in [2.24, 2.45) is 0 Å². The monoisotopic (exact) mass is 416 g/mol. The maximum Gasteiger partial charge on any atom is 0.262 e. The van der Waals surface area contributed by atoms with E-state index in [0.717, 1.165) is 48.1 Å².